The minimum absolute atomic E-state index is 0.530. The maximum absolute atomic E-state index is 7.06. The fourth-order valence-corrected chi connectivity index (χ4v) is 9.83. The number of aliphatic imine (C=N–C) groups is 1. The summed E-state index contributed by atoms with van der Waals surface area (Å²) in [4.78, 5) is 5.29. The van der Waals surface area contributed by atoms with Crippen molar-refractivity contribution in [3.05, 3.63) is 227 Å². The Morgan fingerprint density at radius 1 is 0.542 bits per heavy atom. The maximum Gasteiger partial charge on any atom is 0.178 e. The lowest BCUT2D eigenvalue weighted by molar-refractivity contribution is 0.360. The van der Waals surface area contributed by atoms with Gasteiger partial charge in [-0.1, -0.05) is 166 Å². The van der Waals surface area contributed by atoms with Gasteiger partial charge in [0.05, 0.1) is 17.7 Å². The molecule has 0 saturated heterocycles. The molecule has 8 aromatic carbocycles. The van der Waals surface area contributed by atoms with Gasteiger partial charge in [-0.25, -0.2) is 0 Å². The molecule has 0 unspecified atom stereocenters. The summed E-state index contributed by atoms with van der Waals surface area (Å²) in [6.07, 6.45) is 0. The lowest BCUT2D eigenvalue weighted by Gasteiger charge is -2.34. The zero-order valence-electron chi connectivity index (χ0n) is 33.0. The van der Waals surface area contributed by atoms with Gasteiger partial charge in [-0.2, -0.15) is 0 Å². The summed E-state index contributed by atoms with van der Waals surface area (Å²) in [7, 11) is 0. The van der Waals surface area contributed by atoms with E-state index >= 15 is 0 Å². The van der Waals surface area contributed by atoms with E-state index < -0.39 is 5.41 Å². The van der Waals surface area contributed by atoms with Gasteiger partial charge in [0.2, 0.25) is 0 Å². The number of nitrogens with zero attached hydrogens (tertiary/aromatic N) is 1. The fourth-order valence-electron chi connectivity index (χ4n) is 8.69. The van der Waals surface area contributed by atoms with Gasteiger partial charge in [0, 0.05) is 36.9 Å². The van der Waals surface area contributed by atoms with Gasteiger partial charge < -0.3 is 14.9 Å². The van der Waals surface area contributed by atoms with Crippen LogP contribution in [0.2, 0.25) is 0 Å². The van der Waals surface area contributed by atoms with E-state index in [0.29, 0.717) is 23.8 Å². The minimum Gasteiger partial charge on any atom is -0.449 e. The van der Waals surface area contributed by atoms with Gasteiger partial charge >= 0.3 is 0 Å². The normalized spacial score (nSPS) is 12.9. The first-order valence-electron chi connectivity index (χ1n) is 20.0. The molecule has 1 aliphatic carbocycles. The molecule has 0 bridgehead atoms. The number of thiophene rings is 1. The molecule has 1 N–H and O–H groups in total. The van der Waals surface area contributed by atoms with Gasteiger partial charge in [0.25, 0.3) is 0 Å². The first kappa shape index (κ1) is 37.5. The SMILES string of the molecule is C=N.CC.c1ccc(CN=C(c2ccc3c(c2)Oc2c(ccc4c2-c2ccccc2C4(c2ccccc2)c2ccccc2)O3)c2ccc3c(c2)sc2ccccc23)cc1. The van der Waals surface area contributed by atoms with Crippen LogP contribution in [0.3, 0.4) is 0 Å². The van der Waals surface area contributed by atoms with Crippen LogP contribution in [0, 0.1) is 5.41 Å². The highest BCUT2D eigenvalue weighted by Crippen LogP contribution is 2.62. The molecule has 5 heteroatoms. The summed E-state index contributed by atoms with van der Waals surface area (Å²) in [5, 5.41) is 8.05. The molecule has 9 aromatic rings. The van der Waals surface area contributed by atoms with E-state index in [-0.39, 0.29) is 0 Å². The van der Waals surface area contributed by atoms with E-state index in [1.54, 1.807) is 0 Å². The van der Waals surface area contributed by atoms with Crippen molar-refractivity contribution in [2.24, 2.45) is 4.99 Å². The van der Waals surface area contributed by atoms with Gasteiger partial charge in [-0.15, -0.1) is 11.3 Å². The molecule has 0 fully saturated rings. The molecule has 0 amide bonds. The summed E-state index contributed by atoms with van der Waals surface area (Å²) in [6, 6.07) is 66.7. The Hall–Kier alpha value is -7.08. The molecule has 1 aliphatic heterocycles. The zero-order valence-corrected chi connectivity index (χ0v) is 33.8. The van der Waals surface area contributed by atoms with E-state index in [0.717, 1.165) is 39.3 Å². The van der Waals surface area contributed by atoms with E-state index in [2.05, 4.69) is 183 Å². The molecule has 0 saturated carbocycles. The van der Waals surface area contributed by atoms with Gasteiger partial charge in [-0.3, -0.25) is 4.99 Å². The molecule has 2 heterocycles. The smallest absolute Gasteiger partial charge is 0.178 e. The molecule has 0 spiro atoms. The first-order chi connectivity index (χ1) is 29.3. The zero-order chi connectivity index (χ0) is 40.3. The van der Waals surface area contributed by atoms with E-state index in [4.69, 9.17) is 19.9 Å². The summed E-state index contributed by atoms with van der Waals surface area (Å²) in [6.45, 7) is 7.06. The van der Waals surface area contributed by atoms with Gasteiger partial charge in [-0.05, 0) is 76.5 Å². The second-order valence-corrected chi connectivity index (χ2v) is 15.3. The van der Waals surface area contributed by atoms with Crippen molar-refractivity contribution in [3.8, 4) is 34.1 Å². The largest absolute Gasteiger partial charge is 0.449 e. The maximum atomic E-state index is 7.06. The lowest BCUT2D eigenvalue weighted by atomic mass is 9.68. The lowest BCUT2D eigenvalue weighted by Crippen LogP contribution is -2.28. The van der Waals surface area contributed by atoms with Crippen molar-refractivity contribution in [1.29, 1.82) is 5.41 Å². The van der Waals surface area contributed by atoms with E-state index in [1.165, 1.54) is 42.4 Å². The van der Waals surface area contributed by atoms with Crippen LogP contribution >= 0.6 is 11.3 Å². The third-order valence-electron chi connectivity index (χ3n) is 11.1. The molecule has 0 atom stereocenters. The second-order valence-electron chi connectivity index (χ2n) is 14.2. The van der Waals surface area contributed by atoms with Crippen LogP contribution in [0.5, 0.6) is 23.0 Å². The summed E-state index contributed by atoms with van der Waals surface area (Å²) < 4.78 is 16.3. The Labute approximate surface area is 349 Å². The predicted molar refractivity (Wildman–Crippen MR) is 247 cm³/mol. The fraction of sp³-hybridized carbons (Fsp3) is 0.0741. The number of benzene rings is 8. The van der Waals surface area contributed by atoms with Crippen LogP contribution in [0.4, 0.5) is 0 Å². The van der Waals surface area contributed by atoms with Gasteiger partial charge in [0.1, 0.15) is 0 Å². The van der Waals surface area contributed by atoms with Crippen molar-refractivity contribution in [3.63, 3.8) is 0 Å². The van der Waals surface area contributed by atoms with Crippen molar-refractivity contribution in [2.75, 3.05) is 0 Å². The van der Waals surface area contributed by atoms with Crippen LogP contribution in [0.25, 0.3) is 31.3 Å². The summed E-state index contributed by atoms with van der Waals surface area (Å²) in [5.74, 6) is 2.79. The number of hydrogen-bond donors (Lipinski definition) is 1. The molecule has 11 rings (SSSR count). The van der Waals surface area contributed by atoms with Crippen molar-refractivity contribution >= 4 is 43.9 Å². The third kappa shape index (κ3) is 6.31. The Morgan fingerprint density at radius 2 is 1.14 bits per heavy atom. The molecule has 0 radical (unpaired) electrons. The second kappa shape index (κ2) is 16.0. The van der Waals surface area contributed by atoms with Gasteiger partial charge in [0.15, 0.2) is 23.0 Å². The highest BCUT2D eigenvalue weighted by atomic mass is 32.1. The summed E-state index contributed by atoms with van der Waals surface area (Å²) >= 11 is 1.82. The minimum atomic E-state index is -0.530. The molecule has 59 heavy (non-hydrogen) atoms. The Bertz CT molecular complexity index is 2930. The molecule has 4 nitrogen and oxygen atoms in total. The number of fused-ring (bicyclic) bond motifs is 9. The molecular formula is C54H42N2O2S. The first-order valence-corrected chi connectivity index (χ1v) is 20.8. The standard InChI is InChI=1S/C51H33NO2S.C2H6.CH3N/c1-4-14-33(15-5-1)32-52-49(35-24-26-39-38-20-11-13-23-46(38)55-47(39)31-35)34-25-28-43-45(30-34)54-50-44(53-43)29-27-42-48(50)40-21-10-12-22-41(40)51(42,36-16-6-2-7-17-36)37-18-8-3-9-19-37;2*1-2/h1-31H,32H2;1-2H3;2H,1H2. The van der Waals surface area contributed by atoms with Crippen molar-refractivity contribution in [2.45, 2.75) is 25.8 Å². The van der Waals surface area contributed by atoms with Crippen LogP contribution in [-0.4, -0.2) is 12.4 Å². The highest BCUT2D eigenvalue weighted by molar-refractivity contribution is 7.25. The number of ether oxygens (including phenoxy) is 2. The average molecular weight is 783 g/mol. The molecule has 2 aliphatic rings. The molecule has 286 valence electrons. The van der Waals surface area contributed by atoms with Crippen LogP contribution in [0.15, 0.2) is 193 Å². The van der Waals surface area contributed by atoms with E-state index in [9.17, 15) is 0 Å². The predicted octanol–water partition coefficient (Wildman–Crippen LogP) is 14.6. The highest BCUT2D eigenvalue weighted by Gasteiger charge is 2.48. The summed E-state index contributed by atoms with van der Waals surface area (Å²) in [5.41, 5.74) is 10.6. The van der Waals surface area contributed by atoms with Crippen molar-refractivity contribution < 1.29 is 9.47 Å². The Balaban J connectivity index is 0.00000109. The monoisotopic (exact) mass is 782 g/mol. The van der Waals surface area contributed by atoms with Crippen LogP contribution < -0.4 is 9.47 Å². The number of hydrogen-bond acceptors (Lipinski definition) is 5. The topological polar surface area (TPSA) is 54.7 Å². The molecule has 1 aromatic heterocycles. The number of rotatable bonds is 6. The number of nitrogens with one attached hydrogen (secondary N) is 1. The Kier molecular flexibility index (Phi) is 10.2. The van der Waals surface area contributed by atoms with Crippen LogP contribution in [0.1, 0.15) is 52.8 Å². The quantitative estimate of drug-likeness (QED) is 0.171. The van der Waals surface area contributed by atoms with Crippen LogP contribution in [-0.2, 0) is 12.0 Å². The van der Waals surface area contributed by atoms with Crippen molar-refractivity contribution in [1.82, 2.24) is 0 Å². The Morgan fingerprint density at radius 3 is 1.88 bits per heavy atom. The average Bonchev–Trinajstić information content (AvgIpc) is 3.84. The molecular weight excluding hydrogens is 741 g/mol. The van der Waals surface area contributed by atoms with E-state index in [1.807, 2.05) is 37.3 Å². The third-order valence-corrected chi connectivity index (χ3v) is 12.2.